The third-order valence-electron chi connectivity index (χ3n) is 7.58. The van der Waals surface area contributed by atoms with E-state index < -0.39 is 0 Å². The van der Waals surface area contributed by atoms with Crippen molar-refractivity contribution in [3.05, 3.63) is 84.2 Å². The van der Waals surface area contributed by atoms with E-state index in [1.807, 2.05) is 0 Å². The van der Waals surface area contributed by atoms with E-state index in [1.165, 1.54) is 49.7 Å². The van der Waals surface area contributed by atoms with E-state index in [1.54, 1.807) is 0 Å². The van der Waals surface area contributed by atoms with Crippen LogP contribution in [0.1, 0.15) is 62.5 Å². The average Bonchev–Trinajstić information content (AvgIpc) is 3.38. The van der Waals surface area contributed by atoms with Crippen LogP contribution in [-0.2, 0) is 22.7 Å². The molecule has 2 saturated carbocycles. The molecule has 1 heterocycles. The summed E-state index contributed by atoms with van der Waals surface area (Å²) in [7, 11) is 0. The number of hydrogen-bond acceptors (Lipinski definition) is 4. The van der Waals surface area contributed by atoms with Gasteiger partial charge in [-0.3, -0.25) is 0 Å². The second kappa shape index (κ2) is 11.2. The van der Waals surface area contributed by atoms with Gasteiger partial charge < -0.3 is 19.3 Å². The van der Waals surface area contributed by atoms with Gasteiger partial charge in [-0.1, -0.05) is 86.3 Å². The summed E-state index contributed by atoms with van der Waals surface area (Å²) in [5, 5.41) is 0. The van der Waals surface area contributed by atoms with Crippen molar-refractivity contribution in [2.24, 2.45) is 0 Å². The van der Waals surface area contributed by atoms with Gasteiger partial charge in [-0.15, -0.1) is 0 Å². The molecule has 0 aromatic heterocycles. The molecule has 2 fully saturated rings. The fourth-order valence-electron chi connectivity index (χ4n) is 5.74. The van der Waals surface area contributed by atoms with Crippen LogP contribution in [0.5, 0.6) is 0 Å². The Balaban J connectivity index is 1.18. The van der Waals surface area contributed by atoms with Crippen molar-refractivity contribution in [3.8, 4) is 0 Å². The van der Waals surface area contributed by atoms with Crippen LogP contribution in [0.15, 0.2) is 73.1 Å². The van der Waals surface area contributed by atoms with Crippen LogP contribution in [0, 0.1) is 0 Å². The van der Waals surface area contributed by atoms with Gasteiger partial charge in [0.25, 0.3) is 0 Å². The molecule has 4 nitrogen and oxygen atoms in total. The zero-order chi connectivity index (χ0) is 22.3. The van der Waals surface area contributed by atoms with Crippen LogP contribution in [0.4, 0.5) is 0 Å². The van der Waals surface area contributed by atoms with Gasteiger partial charge in [0.1, 0.15) is 0 Å². The first kappa shape index (κ1) is 22.5. The Labute approximate surface area is 199 Å². The summed E-state index contributed by atoms with van der Waals surface area (Å²) in [4.78, 5) is 5.08. The molecule has 0 amide bonds. The highest BCUT2D eigenvalue weighted by Crippen LogP contribution is 2.32. The molecule has 33 heavy (non-hydrogen) atoms. The lowest BCUT2D eigenvalue weighted by Gasteiger charge is -2.41. The summed E-state index contributed by atoms with van der Waals surface area (Å²) < 4.78 is 12.9. The maximum atomic E-state index is 6.46. The van der Waals surface area contributed by atoms with Gasteiger partial charge in [-0.2, -0.15) is 0 Å². The summed E-state index contributed by atoms with van der Waals surface area (Å²) in [6, 6.07) is 22.1. The molecule has 0 N–H and O–H groups in total. The number of nitrogens with zero attached hydrogens (tertiary/aromatic N) is 2. The highest BCUT2D eigenvalue weighted by Gasteiger charge is 2.36. The molecule has 2 aromatic rings. The molecule has 2 aliphatic carbocycles. The molecule has 176 valence electrons. The van der Waals surface area contributed by atoms with Crippen LogP contribution in [0.25, 0.3) is 0 Å². The first-order valence-corrected chi connectivity index (χ1v) is 12.9. The Morgan fingerprint density at radius 1 is 0.576 bits per heavy atom. The molecule has 3 aliphatic rings. The lowest BCUT2D eigenvalue weighted by molar-refractivity contribution is -0.0555. The molecule has 4 heteroatoms. The van der Waals surface area contributed by atoms with Crippen LogP contribution < -0.4 is 0 Å². The minimum absolute atomic E-state index is 0.306. The van der Waals surface area contributed by atoms with Gasteiger partial charge in [0.15, 0.2) is 0 Å². The highest BCUT2D eigenvalue weighted by atomic mass is 16.5. The molecular formula is C29H38N2O2. The van der Waals surface area contributed by atoms with Gasteiger partial charge in [-0.25, -0.2) is 0 Å². The molecule has 5 rings (SSSR count). The van der Waals surface area contributed by atoms with E-state index >= 15 is 0 Å². The number of rotatable bonds is 8. The van der Waals surface area contributed by atoms with E-state index in [-0.39, 0.29) is 0 Å². The molecule has 2 aromatic carbocycles. The van der Waals surface area contributed by atoms with Gasteiger partial charge in [-0.05, 0) is 36.8 Å². The van der Waals surface area contributed by atoms with Crippen LogP contribution >= 0.6 is 0 Å². The molecule has 4 atom stereocenters. The van der Waals surface area contributed by atoms with Gasteiger partial charge in [0.05, 0.1) is 44.2 Å². The summed E-state index contributed by atoms with van der Waals surface area (Å²) in [5.41, 5.74) is 2.53. The molecule has 0 bridgehead atoms. The van der Waals surface area contributed by atoms with Crippen molar-refractivity contribution in [1.82, 2.24) is 9.80 Å². The van der Waals surface area contributed by atoms with Crippen molar-refractivity contribution in [3.63, 3.8) is 0 Å². The van der Waals surface area contributed by atoms with E-state index in [9.17, 15) is 0 Å². The summed E-state index contributed by atoms with van der Waals surface area (Å²) >= 11 is 0. The third-order valence-corrected chi connectivity index (χ3v) is 7.58. The van der Waals surface area contributed by atoms with Crippen LogP contribution in [0.3, 0.4) is 0 Å². The first-order chi connectivity index (χ1) is 16.4. The Kier molecular flexibility index (Phi) is 7.64. The van der Waals surface area contributed by atoms with Gasteiger partial charge in [0, 0.05) is 12.4 Å². The summed E-state index contributed by atoms with van der Waals surface area (Å²) in [5.74, 6) is 0. The van der Waals surface area contributed by atoms with Crippen LogP contribution in [0.2, 0.25) is 0 Å². The van der Waals surface area contributed by atoms with E-state index in [2.05, 4.69) is 82.9 Å². The fourth-order valence-corrected chi connectivity index (χ4v) is 5.74. The van der Waals surface area contributed by atoms with Gasteiger partial charge >= 0.3 is 0 Å². The second-order valence-corrected chi connectivity index (χ2v) is 9.84. The Bertz CT molecular complexity index is 800. The van der Waals surface area contributed by atoms with Crippen molar-refractivity contribution < 1.29 is 9.47 Å². The Morgan fingerprint density at radius 2 is 1.00 bits per heavy atom. The van der Waals surface area contributed by atoms with E-state index in [4.69, 9.17) is 9.47 Å². The van der Waals surface area contributed by atoms with Crippen molar-refractivity contribution in [2.75, 3.05) is 6.67 Å². The second-order valence-electron chi connectivity index (χ2n) is 9.84. The van der Waals surface area contributed by atoms with E-state index in [0.29, 0.717) is 37.5 Å². The fraction of sp³-hybridized carbons (Fsp3) is 0.517. The van der Waals surface area contributed by atoms with Gasteiger partial charge in [0.2, 0.25) is 0 Å². The molecule has 0 saturated heterocycles. The molecule has 0 radical (unpaired) electrons. The average molecular weight is 447 g/mol. The third kappa shape index (κ3) is 5.80. The lowest BCUT2D eigenvalue weighted by Crippen LogP contribution is -2.49. The minimum Gasteiger partial charge on any atom is -0.371 e. The monoisotopic (exact) mass is 446 g/mol. The zero-order valence-corrected chi connectivity index (χ0v) is 19.7. The molecule has 0 unspecified atom stereocenters. The first-order valence-electron chi connectivity index (χ1n) is 12.9. The maximum absolute atomic E-state index is 6.46. The van der Waals surface area contributed by atoms with Crippen LogP contribution in [-0.4, -0.2) is 40.8 Å². The number of hydrogen-bond donors (Lipinski definition) is 0. The number of ether oxygens (including phenoxy) is 2. The smallest absolute Gasteiger partial charge is 0.0901 e. The minimum atomic E-state index is 0.306. The molecule has 0 spiro atoms. The zero-order valence-electron chi connectivity index (χ0n) is 19.7. The molecule has 1 aliphatic heterocycles. The Morgan fingerprint density at radius 3 is 1.45 bits per heavy atom. The molecular weight excluding hydrogens is 408 g/mol. The quantitative estimate of drug-likeness (QED) is 0.490. The lowest BCUT2D eigenvalue weighted by atomic mass is 9.91. The van der Waals surface area contributed by atoms with Crippen molar-refractivity contribution in [2.45, 2.75) is 88.9 Å². The Hall–Kier alpha value is -2.30. The standard InChI is InChI=1S/C29H38N2O2/c1-3-11-24(12-4-1)21-32-28-17-9-7-15-26(28)30-19-20-31(23-30)27-16-8-10-18-29(27)33-22-25-13-5-2-6-14-25/h1-6,11-14,19-20,26-29H,7-10,15-18,21-23H2/t26-,27-,28-,29-/m1/s1. The summed E-state index contributed by atoms with van der Waals surface area (Å²) in [6.07, 6.45) is 15.1. The SMILES string of the molecule is C1=CN([C@@H]2CCCC[C@H]2OCc2ccccc2)CN1[C@@H]1CCCC[C@H]1OCc1ccccc1. The largest absolute Gasteiger partial charge is 0.371 e. The normalized spacial score (nSPS) is 27.8. The predicted octanol–water partition coefficient (Wildman–Crippen LogP) is 6.09. The topological polar surface area (TPSA) is 24.9 Å². The van der Waals surface area contributed by atoms with Crippen molar-refractivity contribution in [1.29, 1.82) is 0 Å². The highest BCUT2D eigenvalue weighted by molar-refractivity contribution is 5.14. The van der Waals surface area contributed by atoms with E-state index in [0.717, 1.165) is 19.5 Å². The predicted molar refractivity (Wildman–Crippen MR) is 132 cm³/mol. The summed E-state index contributed by atoms with van der Waals surface area (Å²) in [6.45, 7) is 2.38. The van der Waals surface area contributed by atoms with Crippen molar-refractivity contribution >= 4 is 0 Å². The maximum Gasteiger partial charge on any atom is 0.0901 e. The number of benzene rings is 2.